The smallest absolute Gasteiger partial charge is 0.0309 e. The van der Waals surface area contributed by atoms with Crippen LogP contribution in [0.3, 0.4) is 0 Å². The highest BCUT2D eigenvalue weighted by molar-refractivity contribution is 4.98. The molecule has 0 radical (unpaired) electrons. The van der Waals surface area contributed by atoms with E-state index in [0.29, 0.717) is 5.54 Å². The normalized spacial score (nSPS) is 32.8. The molecular formula is C16H28N2. The largest absolute Gasteiger partial charge is 0.309 e. The number of nitrogens with zero attached hydrogens (tertiary/aromatic N) is 1. The number of nitrogens with one attached hydrogen (secondary N) is 1. The molecule has 0 aromatic carbocycles. The Morgan fingerprint density at radius 1 is 1.17 bits per heavy atom. The number of hydrogen-bond donors (Lipinski definition) is 1. The molecule has 1 aliphatic heterocycles. The Bertz CT molecular complexity index is 286. The van der Waals surface area contributed by atoms with E-state index in [4.69, 9.17) is 0 Å². The van der Waals surface area contributed by atoms with Gasteiger partial charge in [-0.05, 0) is 38.0 Å². The van der Waals surface area contributed by atoms with Crippen LogP contribution in [0.15, 0.2) is 12.2 Å². The van der Waals surface area contributed by atoms with Crippen LogP contribution in [0.25, 0.3) is 0 Å². The van der Waals surface area contributed by atoms with Crippen molar-refractivity contribution >= 4 is 0 Å². The predicted octanol–water partition coefficient (Wildman–Crippen LogP) is 2.95. The molecule has 3 rings (SSSR count). The zero-order valence-corrected chi connectivity index (χ0v) is 11.7. The Labute approximate surface area is 112 Å². The quantitative estimate of drug-likeness (QED) is 0.756. The maximum Gasteiger partial charge on any atom is 0.0309 e. The van der Waals surface area contributed by atoms with Crippen molar-refractivity contribution in [2.24, 2.45) is 5.92 Å². The van der Waals surface area contributed by atoms with Crippen molar-refractivity contribution in [1.82, 2.24) is 10.2 Å². The Morgan fingerprint density at radius 2 is 2.06 bits per heavy atom. The van der Waals surface area contributed by atoms with E-state index in [1.807, 2.05) is 0 Å². The molecule has 2 nitrogen and oxygen atoms in total. The zero-order valence-electron chi connectivity index (χ0n) is 11.7. The van der Waals surface area contributed by atoms with Gasteiger partial charge in [-0.25, -0.2) is 0 Å². The average molecular weight is 248 g/mol. The number of piperazine rings is 1. The number of allylic oxidation sites excluding steroid dienone is 2. The van der Waals surface area contributed by atoms with Gasteiger partial charge in [-0.15, -0.1) is 0 Å². The molecule has 0 amide bonds. The molecule has 1 unspecified atom stereocenters. The zero-order chi connectivity index (χ0) is 12.3. The highest BCUT2D eigenvalue weighted by Crippen LogP contribution is 2.31. The maximum absolute atomic E-state index is 3.85. The summed E-state index contributed by atoms with van der Waals surface area (Å²) in [6, 6.07) is 0. The first kappa shape index (κ1) is 12.7. The average Bonchev–Trinajstić information content (AvgIpc) is 2.41. The lowest BCUT2D eigenvalue weighted by Crippen LogP contribution is -2.61. The molecule has 0 aromatic rings. The van der Waals surface area contributed by atoms with E-state index in [9.17, 15) is 0 Å². The van der Waals surface area contributed by atoms with Crippen LogP contribution in [0.2, 0.25) is 0 Å². The first-order chi connectivity index (χ1) is 8.86. The summed E-state index contributed by atoms with van der Waals surface area (Å²) in [6.07, 6.45) is 15.9. The van der Waals surface area contributed by atoms with Crippen molar-refractivity contribution in [3.63, 3.8) is 0 Å². The minimum atomic E-state index is 0.487. The van der Waals surface area contributed by atoms with E-state index in [0.717, 1.165) is 5.92 Å². The van der Waals surface area contributed by atoms with Crippen molar-refractivity contribution in [3.05, 3.63) is 12.2 Å². The van der Waals surface area contributed by atoms with Crippen LogP contribution in [0.1, 0.15) is 51.4 Å². The second-order valence-corrected chi connectivity index (χ2v) is 6.65. The third kappa shape index (κ3) is 2.97. The molecule has 1 atom stereocenters. The van der Waals surface area contributed by atoms with Crippen LogP contribution in [0, 0.1) is 5.92 Å². The lowest BCUT2D eigenvalue weighted by molar-refractivity contribution is 0.0859. The fourth-order valence-electron chi connectivity index (χ4n) is 4.15. The monoisotopic (exact) mass is 248 g/mol. The van der Waals surface area contributed by atoms with Crippen LogP contribution in [0.4, 0.5) is 0 Å². The molecule has 1 saturated heterocycles. The summed E-state index contributed by atoms with van der Waals surface area (Å²) in [5.74, 6) is 0.925. The van der Waals surface area contributed by atoms with Crippen LogP contribution >= 0.6 is 0 Å². The molecule has 0 aromatic heterocycles. The van der Waals surface area contributed by atoms with Gasteiger partial charge in [-0.3, -0.25) is 4.90 Å². The number of rotatable bonds is 2. The van der Waals surface area contributed by atoms with Gasteiger partial charge in [0.05, 0.1) is 0 Å². The predicted molar refractivity (Wildman–Crippen MR) is 76.7 cm³/mol. The van der Waals surface area contributed by atoms with Gasteiger partial charge in [0, 0.05) is 31.7 Å². The Hall–Kier alpha value is -0.340. The maximum atomic E-state index is 3.85. The summed E-state index contributed by atoms with van der Waals surface area (Å²) < 4.78 is 0. The van der Waals surface area contributed by atoms with Gasteiger partial charge >= 0.3 is 0 Å². The van der Waals surface area contributed by atoms with E-state index in [2.05, 4.69) is 22.4 Å². The Balaban J connectivity index is 1.54. The van der Waals surface area contributed by atoms with Crippen molar-refractivity contribution in [2.45, 2.75) is 56.9 Å². The van der Waals surface area contributed by atoms with Gasteiger partial charge in [-0.1, -0.05) is 31.4 Å². The Kier molecular flexibility index (Phi) is 4.05. The van der Waals surface area contributed by atoms with Gasteiger partial charge < -0.3 is 5.32 Å². The van der Waals surface area contributed by atoms with Crippen molar-refractivity contribution in [1.29, 1.82) is 0 Å². The van der Waals surface area contributed by atoms with Crippen molar-refractivity contribution in [2.75, 3.05) is 26.2 Å². The minimum absolute atomic E-state index is 0.487. The summed E-state index contributed by atoms with van der Waals surface area (Å²) >= 11 is 0. The standard InChI is InChI=1S/C16H28N2/c1-3-7-15(8-4-1)13-18-12-11-17-16(14-18)9-5-2-6-10-16/h1,3,15,17H,2,4-14H2. The molecule has 3 aliphatic rings. The fourth-order valence-corrected chi connectivity index (χ4v) is 4.15. The first-order valence-electron chi connectivity index (χ1n) is 7.99. The second-order valence-electron chi connectivity index (χ2n) is 6.65. The number of hydrogen-bond acceptors (Lipinski definition) is 2. The van der Waals surface area contributed by atoms with E-state index >= 15 is 0 Å². The van der Waals surface area contributed by atoms with Crippen LogP contribution in [0.5, 0.6) is 0 Å². The highest BCUT2D eigenvalue weighted by atomic mass is 15.2. The molecule has 1 heterocycles. The molecule has 1 N–H and O–H groups in total. The van der Waals surface area contributed by atoms with Crippen LogP contribution in [-0.2, 0) is 0 Å². The van der Waals surface area contributed by atoms with E-state index in [-0.39, 0.29) is 0 Å². The first-order valence-corrected chi connectivity index (χ1v) is 7.99. The third-order valence-electron chi connectivity index (χ3n) is 5.16. The molecule has 1 spiro atoms. The van der Waals surface area contributed by atoms with Gasteiger partial charge in [0.25, 0.3) is 0 Å². The van der Waals surface area contributed by atoms with E-state index < -0.39 is 0 Å². The summed E-state index contributed by atoms with van der Waals surface area (Å²) in [5, 5.41) is 3.85. The summed E-state index contributed by atoms with van der Waals surface area (Å²) in [6.45, 7) is 5.13. The van der Waals surface area contributed by atoms with Crippen LogP contribution < -0.4 is 5.32 Å². The molecule has 102 valence electrons. The van der Waals surface area contributed by atoms with Crippen molar-refractivity contribution < 1.29 is 0 Å². The Morgan fingerprint density at radius 3 is 2.83 bits per heavy atom. The summed E-state index contributed by atoms with van der Waals surface area (Å²) in [7, 11) is 0. The highest BCUT2D eigenvalue weighted by Gasteiger charge is 2.36. The van der Waals surface area contributed by atoms with Gasteiger partial charge in [0.15, 0.2) is 0 Å². The molecule has 18 heavy (non-hydrogen) atoms. The lowest BCUT2D eigenvalue weighted by Gasteiger charge is -2.47. The molecule has 0 bridgehead atoms. The third-order valence-corrected chi connectivity index (χ3v) is 5.16. The lowest BCUT2D eigenvalue weighted by atomic mass is 9.80. The van der Waals surface area contributed by atoms with E-state index in [1.54, 1.807) is 0 Å². The SMILES string of the molecule is C1=CCC(CN2CCNC3(CCCCC3)C2)CC1. The molecule has 2 heteroatoms. The summed E-state index contributed by atoms with van der Waals surface area (Å²) in [5.41, 5.74) is 0.487. The van der Waals surface area contributed by atoms with Crippen LogP contribution in [-0.4, -0.2) is 36.6 Å². The second kappa shape index (κ2) is 5.75. The van der Waals surface area contributed by atoms with Crippen molar-refractivity contribution in [3.8, 4) is 0 Å². The molecule has 2 aliphatic carbocycles. The van der Waals surface area contributed by atoms with Gasteiger partial charge in [0.1, 0.15) is 0 Å². The topological polar surface area (TPSA) is 15.3 Å². The summed E-state index contributed by atoms with van der Waals surface area (Å²) in [4.78, 5) is 2.76. The molecular weight excluding hydrogens is 220 g/mol. The minimum Gasteiger partial charge on any atom is -0.309 e. The molecule has 2 fully saturated rings. The molecule has 1 saturated carbocycles. The van der Waals surface area contributed by atoms with E-state index in [1.165, 1.54) is 77.5 Å². The van der Waals surface area contributed by atoms with Gasteiger partial charge in [0.2, 0.25) is 0 Å². The fraction of sp³-hybridized carbons (Fsp3) is 0.875. The van der Waals surface area contributed by atoms with Gasteiger partial charge in [-0.2, -0.15) is 0 Å².